The van der Waals surface area contributed by atoms with Crippen LogP contribution in [0.15, 0.2) is 30.9 Å². The first-order chi connectivity index (χ1) is 9.38. The topological polar surface area (TPSA) is 80.0 Å². The molecule has 0 aromatic carbocycles. The summed E-state index contributed by atoms with van der Waals surface area (Å²) in [6.07, 6.45) is 6.49. The molecule has 0 spiro atoms. The average Bonchev–Trinajstić information content (AvgIpc) is 2.83. The largest absolute Gasteiger partial charge is 0.383 e. The Bertz CT molecular complexity index is 619. The number of aryl methyl sites for hydroxylation is 2. The second-order valence-electron chi connectivity index (χ2n) is 5.11. The molecule has 2 aromatic rings. The first kappa shape index (κ1) is 14.2. The molecule has 6 heteroatoms. The van der Waals surface area contributed by atoms with E-state index in [4.69, 9.17) is 0 Å². The quantitative estimate of drug-likeness (QED) is 0.862. The third-order valence-electron chi connectivity index (χ3n) is 3.06. The highest BCUT2D eigenvalue weighted by Crippen LogP contribution is 2.18. The van der Waals surface area contributed by atoms with Crippen molar-refractivity contribution in [2.45, 2.75) is 19.4 Å². The summed E-state index contributed by atoms with van der Waals surface area (Å²) in [5.74, 6) is -0.259. The van der Waals surface area contributed by atoms with Crippen LogP contribution in [0.3, 0.4) is 0 Å². The molecule has 0 aliphatic rings. The van der Waals surface area contributed by atoms with E-state index < -0.39 is 5.60 Å². The molecule has 0 fully saturated rings. The predicted molar refractivity (Wildman–Crippen MR) is 74.1 cm³/mol. The molecule has 106 valence electrons. The van der Waals surface area contributed by atoms with Crippen LogP contribution in [0.1, 0.15) is 28.4 Å². The number of amides is 1. The van der Waals surface area contributed by atoms with Crippen molar-refractivity contribution < 1.29 is 9.90 Å². The van der Waals surface area contributed by atoms with E-state index in [1.54, 1.807) is 43.3 Å². The second kappa shape index (κ2) is 5.42. The summed E-state index contributed by atoms with van der Waals surface area (Å²) >= 11 is 0. The number of aromatic nitrogens is 3. The smallest absolute Gasteiger partial charge is 0.252 e. The zero-order valence-corrected chi connectivity index (χ0v) is 11.8. The number of carbonyl (C=O) groups is 1. The average molecular weight is 274 g/mol. The van der Waals surface area contributed by atoms with Crippen LogP contribution in [-0.2, 0) is 12.6 Å². The Labute approximate surface area is 117 Å². The molecular formula is C14H18N4O2. The molecule has 1 amide bonds. The van der Waals surface area contributed by atoms with Crippen LogP contribution in [0.5, 0.6) is 0 Å². The van der Waals surface area contributed by atoms with Gasteiger partial charge in [0.1, 0.15) is 5.60 Å². The van der Waals surface area contributed by atoms with Gasteiger partial charge in [-0.25, -0.2) is 0 Å². The van der Waals surface area contributed by atoms with E-state index in [0.717, 1.165) is 5.56 Å². The monoisotopic (exact) mass is 274 g/mol. The number of nitrogens with one attached hydrogen (secondary N) is 1. The minimum Gasteiger partial charge on any atom is -0.383 e. The summed E-state index contributed by atoms with van der Waals surface area (Å²) in [4.78, 5) is 16.0. The second-order valence-corrected chi connectivity index (χ2v) is 5.11. The van der Waals surface area contributed by atoms with E-state index in [2.05, 4.69) is 15.4 Å². The van der Waals surface area contributed by atoms with Crippen molar-refractivity contribution in [1.82, 2.24) is 20.1 Å². The van der Waals surface area contributed by atoms with Crippen molar-refractivity contribution >= 4 is 5.91 Å². The van der Waals surface area contributed by atoms with E-state index in [1.165, 1.54) is 6.20 Å². The van der Waals surface area contributed by atoms with Crippen molar-refractivity contribution in [1.29, 1.82) is 0 Å². The van der Waals surface area contributed by atoms with Gasteiger partial charge in [0.15, 0.2) is 0 Å². The summed E-state index contributed by atoms with van der Waals surface area (Å²) in [6.45, 7) is 3.61. The first-order valence-electron chi connectivity index (χ1n) is 6.30. The maximum atomic E-state index is 12.0. The third kappa shape index (κ3) is 3.21. The third-order valence-corrected chi connectivity index (χ3v) is 3.06. The van der Waals surface area contributed by atoms with Gasteiger partial charge >= 0.3 is 0 Å². The fraction of sp³-hybridized carbons (Fsp3) is 0.357. The van der Waals surface area contributed by atoms with Crippen LogP contribution in [0.2, 0.25) is 0 Å². The van der Waals surface area contributed by atoms with Gasteiger partial charge in [0, 0.05) is 31.2 Å². The standard InChI is InChI=1S/C14H18N4O2/c1-10-4-11(6-15-5-10)13(19)16-9-14(2,20)12-7-17-18(3)8-12/h4-8,20H,9H2,1-3H3,(H,16,19). The van der Waals surface area contributed by atoms with Gasteiger partial charge in [-0.15, -0.1) is 0 Å². The van der Waals surface area contributed by atoms with E-state index in [1.807, 2.05) is 6.92 Å². The van der Waals surface area contributed by atoms with Gasteiger partial charge in [0.2, 0.25) is 0 Å². The van der Waals surface area contributed by atoms with Crippen molar-refractivity contribution in [3.05, 3.63) is 47.5 Å². The molecule has 1 atom stereocenters. The minimum absolute atomic E-state index is 0.103. The van der Waals surface area contributed by atoms with Gasteiger partial charge in [0.05, 0.1) is 18.3 Å². The van der Waals surface area contributed by atoms with Crippen LogP contribution in [0, 0.1) is 6.92 Å². The van der Waals surface area contributed by atoms with E-state index >= 15 is 0 Å². The fourth-order valence-corrected chi connectivity index (χ4v) is 1.83. The minimum atomic E-state index is -1.17. The molecule has 2 aromatic heterocycles. The Kier molecular flexibility index (Phi) is 3.85. The SMILES string of the molecule is Cc1cncc(C(=O)NCC(C)(O)c2cnn(C)c2)c1. The Hall–Kier alpha value is -2.21. The summed E-state index contributed by atoms with van der Waals surface area (Å²) < 4.78 is 1.61. The lowest BCUT2D eigenvalue weighted by atomic mass is 9.99. The maximum absolute atomic E-state index is 12.0. The fourth-order valence-electron chi connectivity index (χ4n) is 1.83. The number of pyridine rings is 1. The van der Waals surface area contributed by atoms with Gasteiger partial charge in [-0.3, -0.25) is 14.5 Å². The molecule has 2 rings (SSSR count). The molecule has 2 N–H and O–H groups in total. The van der Waals surface area contributed by atoms with E-state index in [0.29, 0.717) is 11.1 Å². The van der Waals surface area contributed by atoms with Crippen molar-refractivity contribution in [3.8, 4) is 0 Å². The molecule has 6 nitrogen and oxygen atoms in total. The molecule has 1 unspecified atom stereocenters. The highest BCUT2D eigenvalue weighted by atomic mass is 16.3. The number of aliphatic hydroxyl groups is 1. The Morgan fingerprint density at radius 2 is 2.20 bits per heavy atom. The molecule has 0 bridgehead atoms. The Balaban J connectivity index is 2.03. The normalized spacial score (nSPS) is 13.8. The molecule has 2 heterocycles. The molecule has 0 radical (unpaired) electrons. The van der Waals surface area contributed by atoms with Crippen molar-refractivity contribution in [2.24, 2.45) is 7.05 Å². The van der Waals surface area contributed by atoms with Crippen LogP contribution in [-0.4, -0.2) is 32.3 Å². The van der Waals surface area contributed by atoms with Gasteiger partial charge in [0.25, 0.3) is 5.91 Å². The number of hydrogen-bond donors (Lipinski definition) is 2. The van der Waals surface area contributed by atoms with Gasteiger partial charge in [-0.2, -0.15) is 5.10 Å². The van der Waals surface area contributed by atoms with Crippen molar-refractivity contribution in [2.75, 3.05) is 6.54 Å². The van der Waals surface area contributed by atoms with Gasteiger partial charge < -0.3 is 10.4 Å². The number of nitrogens with zero attached hydrogens (tertiary/aromatic N) is 3. The highest BCUT2D eigenvalue weighted by molar-refractivity contribution is 5.94. The lowest BCUT2D eigenvalue weighted by Gasteiger charge is -2.22. The number of hydrogen-bond acceptors (Lipinski definition) is 4. The van der Waals surface area contributed by atoms with Crippen LogP contribution >= 0.6 is 0 Å². The summed E-state index contributed by atoms with van der Waals surface area (Å²) in [5, 5.41) is 17.1. The van der Waals surface area contributed by atoms with Crippen molar-refractivity contribution in [3.63, 3.8) is 0 Å². The summed E-state index contributed by atoms with van der Waals surface area (Å²) in [5.41, 5.74) is 0.882. The zero-order valence-electron chi connectivity index (χ0n) is 11.8. The zero-order chi connectivity index (χ0) is 14.8. The lowest BCUT2D eigenvalue weighted by molar-refractivity contribution is 0.0525. The van der Waals surface area contributed by atoms with Gasteiger partial charge in [-0.05, 0) is 25.5 Å². The van der Waals surface area contributed by atoms with Crippen LogP contribution in [0.25, 0.3) is 0 Å². The predicted octanol–water partition coefficient (Wildman–Crippen LogP) is 0.761. The molecule has 0 aliphatic carbocycles. The summed E-state index contributed by atoms with van der Waals surface area (Å²) in [7, 11) is 1.77. The van der Waals surface area contributed by atoms with E-state index in [9.17, 15) is 9.90 Å². The maximum Gasteiger partial charge on any atom is 0.252 e. The number of carbonyl (C=O) groups excluding carboxylic acids is 1. The molecule has 0 aliphatic heterocycles. The van der Waals surface area contributed by atoms with E-state index in [-0.39, 0.29) is 12.5 Å². The van der Waals surface area contributed by atoms with Gasteiger partial charge in [-0.1, -0.05) is 0 Å². The highest BCUT2D eigenvalue weighted by Gasteiger charge is 2.25. The molecule has 0 saturated heterocycles. The molecule has 0 saturated carbocycles. The van der Waals surface area contributed by atoms with Crippen LogP contribution in [0.4, 0.5) is 0 Å². The molecular weight excluding hydrogens is 256 g/mol. The molecule has 20 heavy (non-hydrogen) atoms. The first-order valence-corrected chi connectivity index (χ1v) is 6.30. The lowest BCUT2D eigenvalue weighted by Crippen LogP contribution is -2.38. The Morgan fingerprint density at radius 3 is 2.80 bits per heavy atom. The summed E-state index contributed by atoms with van der Waals surface area (Å²) in [6, 6.07) is 1.75. The Morgan fingerprint density at radius 1 is 1.45 bits per heavy atom. The number of rotatable bonds is 4. The van der Waals surface area contributed by atoms with Crippen LogP contribution < -0.4 is 5.32 Å².